The summed E-state index contributed by atoms with van der Waals surface area (Å²) in [5.74, 6) is 1.62. The van der Waals surface area contributed by atoms with Crippen molar-refractivity contribution < 1.29 is 4.74 Å². The van der Waals surface area contributed by atoms with Crippen LogP contribution in [0.4, 0.5) is 0 Å². The molecule has 1 aliphatic carbocycles. The molecule has 0 aromatic heterocycles. The van der Waals surface area contributed by atoms with Gasteiger partial charge in [-0.05, 0) is 42.9 Å². The number of rotatable bonds is 5. The summed E-state index contributed by atoms with van der Waals surface area (Å²) < 4.78 is 6.18. The number of hydrogen-bond donors (Lipinski definition) is 0. The van der Waals surface area contributed by atoms with Crippen molar-refractivity contribution in [1.29, 1.82) is 0 Å². The van der Waals surface area contributed by atoms with Gasteiger partial charge in [0.2, 0.25) is 0 Å². The predicted octanol–water partition coefficient (Wildman–Crippen LogP) is 5.45. The molecule has 0 N–H and O–H groups in total. The third-order valence-electron chi connectivity index (χ3n) is 4.36. The largest absolute Gasteiger partial charge is 0.493 e. The molecule has 0 atom stereocenters. The first-order valence-corrected chi connectivity index (χ1v) is 8.48. The fourth-order valence-corrected chi connectivity index (χ4v) is 3.53. The van der Waals surface area contributed by atoms with Gasteiger partial charge in [0.05, 0.1) is 6.61 Å². The topological polar surface area (TPSA) is 9.23 Å². The van der Waals surface area contributed by atoms with Crippen molar-refractivity contribution in [3.8, 4) is 5.75 Å². The lowest BCUT2D eigenvalue weighted by Crippen LogP contribution is -2.27. The number of alkyl halides is 1. The highest BCUT2D eigenvalue weighted by Crippen LogP contribution is 2.40. The first-order chi connectivity index (χ1) is 9.06. The maximum Gasteiger partial charge on any atom is 0.122 e. The number of hydrogen-bond acceptors (Lipinski definition) is 1. The van der Waals surface area contributed by atoms with Gasteiger partial charge in [0.1, 0.15) is 5.75 Å². The average molecular weight is 325 g/mol. The van der Waals surface area contributed by atoms with E-state index in [1.54, 1.807) is 0 Å². The van der Waals surface area contributed by atoms with E-state index >= 15 is 0 Å². The lowest BCUT2D eigenvalue weighted by molar-refractivity contribution is 0.173. The lowest BCUT2D eigenvalue weighted by Gasteiger charge is -2.27. The SMILES string of the molecule is Cc1ccc(C(C)C)cc1OCC1(CBr)CCCC1. The summed E-state index contributed by atoms with van der Waals surface area (Å²) in [5.41, 5.74) is 2.97. The summed E-state index contributed by atoms with van der Waals surface area (Å²) in [5, 5.41) is 1.06. The number of aryl methyl sites for hydroxylation is 1. The Kier molecular flexibility index (Phi) is 4.94. The fourth-order valence-electron chi connectivity index (χ4n) is 2.80. The molecule has 1 saturated carbocycles. The average Bonchev–Trinajstić information content (AvgIpc) is 2.87. The maximum atomic E-state index is 6.18. The number of benzene rings is 1. The standard InChI is InChI=1S/C17H25BrO/c1-13(2)15-7-6-14(3)16(10-15)19-12-17(11-18)8-4-5-9-17/h6-7,10,13H,4-5,8-9,11-12H2,1-3H3. The Morgan fingerprint density at radius 3 is 2.53 bits per heavy atom. The van der Waals surface area contributed by atoms with Gasteiger partial charge in [-0.1, -0.05) is 54.8 Å². The molecule has 0 spiro atoms. The van der Waals surface area contributed by atoms with Gasteiger partial charge >= 0.3 is 0 Å². The Morgan fingerprint density at radius 2 is 1.95 bits per heavy atom. The molecule has 1 aromatic rings. The van der Waals surface area contributed by atoms with E-state index in [2.05, 4.69) is 54.9 Å². The summed E-state index contributed by atoms with van der Waals surface area (Å²) in [4.78, 5) is 0. The lowest BCUT2D eigenvalue weighted by atomic mass is 9.90. The molecule has 1 aromatic carbocycles. The van der Waals surface area contributed by atoms with E-state index < -0.39 is 0 Å². The molecule has 0 bridgehead atoms. The smallest absolute Gasteiger partial charge is 0.122 e. The van der Waals surface area contributed by atoms with Crippen LogP contribution < -0.4 is 4.74 Å². The summed E-state index contributed by atoms with van der Waals surface area (Å²) in [6, 6.07) is 6.61. The number of ether oxygens (including phenoxy) is 1. The van der Waals surface area contributed by atoms with Gasteiger partial charge in [0.25, 0.3) is 0 Å². The van der Waals surface area contributed by atoms with Gasteiger partial charge in [0, 0.05) is 10.7 Å². The third-order valence-corrected chi connectivity index (χ3v) is 5.55. The zero-order chi connectivity index (χ0) is 13.9. The first kappa shape index (κ1) is 14.9. The Balaban J connectivity index is 2.08. The molecule has 106 valence electrons. The zero-order valence-electron chi connectivity index (χ0n) is 12.3. The summed E-state index contributed by atoms with van der Waals surface area (Å²) in [6.45, 7) is 7.44. The van der Waals surface area contributed by atoms with Gasteiger partial charge in [-0.15, -0.1) is 0 Å². The Labute approximate surface area is 125 Å². The van der Waals surface area contributed by atoms with Crippen LogP contribution in [0.3, 0.4) is 0 Å². The van der Waals surface area contributed by atoms with Crippen LogP contribution in [0.15, 0.2) is 18.2 Å². The van der Waals surface area contributed by atoms with Crippen molar-refractivity contribution >= 4 is 15.9 Å². The predicted molar refractivity (Wildman–Crippen MR) is 85.5 cm³/mol. The summed E-state index contributed by atoms with van der Waals surface area (Å²) in [6.07, 6.45) is 5.28. The van der Waals surface area contributed by atoms with Gasteiger partial charge in [-0.2, -0.15) is 0 Å². The van der Waals surface area contributed by atoms with Gasteiger partial charge < -0.3 is 4.74 Å². The van der Waals surface area contributed by atoms with Crippen LogP contribution in [-0.2, 0) is 0 Å². The second-order valence-corrected chi connectivity index (χ2v) is 6.87. The highest BCUT2D eigenvalue weighted by Gasteiger charge is 2.33. The van der Waals surface area contributed by atoms with E-state index in [1.807, 2.05) is 0 Å². The Bertz CT molecular complexity index is 419. The van der Waals surface area contributed by atoms with Crippen molar-refractivity contribution in [1.82, 2.24) is 0 Å². The van der Waals surface area contributed by atoms with E-state index in [4.69, 9.17) is 4.74 Å². The van der Waals surface area contributed by atoms with Crippen molar-refractivity contribution in [2.75, 3.05) is 11.9 Å². The molecule has 2 rings (SSSR count). The van der Waals surface area contributed by atoms with E-state index in [0.29, 0.717) is 11.3 Å². The third kappa shape index (κ3) is 3.53. The second-order valence-electron chi connectivity index (χ2n) is 6.31. The minimum absolute atomic E-state index is 0.361. The quantitative estimate of drug-likeness (QED) is 0.654. The molecule has 0 heterocycles. The van der Waals surface area contributed by atoms with Crippen LogP contribution in [0, 0.1) is 12.3 Å². The molecule has 1 aliphatic rings. The van der Waals surface area contributed by atoms with Crippen LogP contribution in [0.2, 0.25) is 0 Å². The molecule has 1 fully saturated rings. The van der Waals surface area contributed by atoms with Crippen molar-refractivity contribution in [3.63, 3.8) is 0 Å². The van der Waals surface area contributed by atoms with E-state index in [-0.39, 0.29) is 0 Å². The highest BCUT2D eigenvalue weighted by atomic mass is 79.9. The van der Waals surface area contributed by atoms with Crippen molar-refractivity contribution in [2.45, 2.75) is 52.4 Å². The minimum Gasteiger partial charge on any atom is -0.493 e. The first-order valence-electron chi connectivity index (χ1n) is 7.36. The van der Waals surface area contributed by atoms with E-state index in [9.17, 15) is 0 Å². The highest BCUT2D eigenvalue weighted by molar-refractivity contribution is 9.09. The monoisotopic (exact) mass is 324 g/mol. The maximum absolute atomic E-state index is 6.18. The van der Waals surface area contributed by atoms with Crippen LogP contribution in [0.25, 0.3) is 0 Å². The summed E-state index contributed by atoms with van der Waals surface area (Å²) >= 11 is 3.68. The minimum atomic E-state index is 0.361. The number of halogens is 1. The molecule has 0 saturated heterocycles. The van der Waals surface area contributed by atoms with Gasteiger partial charge in [0.15, 0.2) is 0 Å². The fraction of sp³-hybridized carbons (Fsp3) is 0.647. The molecular weight excluding hydrogens is 300 g/mol. The molecular formula is C17H25BrO. The van der Waals surface area contributed by atoms with E-state index in [1.165, 1.54) is 36.8 Å². The van der Waals surface area contributed by atoms with Crippen LogP contribution in [-0.4, -0.2) is 11.9 Å². The molecule has 0 unspecified atom stereocenters. The van der Waals surface area contributed by atoms with Crippen LogP contribution >= 0.6 is 15.9 Å². The van der Waals surface area contributed by atoms with Crippen molar-refractivity contribution in [2.24, 2.45) is 5.41 Å². The molecule has 19 heavy (non-hydrogen) atoms. The van der Waals surface area contributed by atoms with Gasteiger partial charge in [-0.3, -0.25) is 0 Å². The summed E-state index contributed by atoms with van der Waals surface area (Å²) in [7, 11) is 0. The molecule has 0 radical (unpaired) electrons. The van der Waals surface area contributed by atoms with Crippen LogP contribution in [0.5, 0.6) is 5.75 Å². The Hall–Kier alpha value is -0.500. The molecule has 0 amide bonds. The van der Waals surface area contributed by atoms with E-state index in [0.717, 1.165) is 17.7 Å². The van der Waals surface area contributed by atoms with Crippen LogP contribution in [0.1, 0.15) is 56.6 Å². The molecule has 1 nitrogen and oxygen atoms in total. The van der Waals surface area contributed by atoms with Gasteiger partial charge in [-0.25, -0.2) is 0 Å². The second kappa shape index (κ2) is 6.30. The van der Waals surface area contributed by atoms with Crippen molar-refractivity contribution in [3.05, 3.63) is 29.3 Å². The molecule has 0 aliphatic heterocycles. The normalized spacial score (nSPS) is 17.9. The molecule has 2 heteroatoms. The zero-order valence-corrected chi connectivity index (χ0v) is 13.9. The Morgan fingerprint density at radius 1 is 1.26 bits per heavy atom.